The molecule has 0 bridgehead atoms. The molecule has 0 aliphatic carbocycles. The van der Waals surface area contributed by atoms with Crippen molar-refractivity contribution < 1.29 is 14.4 Å². The Morgan fingerprint density at radius 3 is 2.04 bits per heavy atom. The molecule has 0 saturated carbocycles. The van der Waals surface area contributed by atoms with E-state index in [1.54, 1.807) is 55.6 Å². The topological polar surface area (TPSA) is 87.3 Å². The predicted molar refractivity (Wildman–Crippen MR) is 96.9 cm³/mol. The van der Waals surface area contributed by atoms with Crippen LogP contribution in [0.15, 0.2) is 48.5 Å². The normalized spacial score (nSPS) is 10.0. The first-order chi connectivity index (χ1) is 12.0. The number of rotatable bonds is 6. The lowest BCUT2D eigenvalue weighted by molar-refractivity contribution is -0.116. The highest BCUT2D eigenvalue weighted by molar-refractivity contribution is 6.30. The average molecular weight is 360 g/mol. The Balaban J connectivity index is 1.77. The van der Waals surface area contributed by atoms with Crippen LogP contribution in [0, 0.1) is 0 Å². The second-order valence-corrected chi connectivity index (χ2v) is 5.65. The van der Waals surface area contributed by atoms with Crippen molar-refractivity contribution in [2.45, 2.75) is 6.42 Å². The third kappa shape index (κ3) is 5.61. The molecule has 0 spiro atoms. The zero-order chi connectivity index (χ0) is 18.2. The zero-order valence-corrected chi connectivity index (χ0v) is 14.4. The summed E-state index contributed by atoms with van der Waals surface area (Å²) in [6.07, 6.45) is 0.135. The van der Waals surface area contributed by atoms with Crippen molar-refractivity contribution in [1.29, 1.82) is 0 Å². The van der Waals surface area contributed by atoms with Crippen molar-refractivity contribution in [2.75, 3.05) is 18.9 Å². The van der Waals surface area contributed by atoms with Crippen LogP contribution >= 0.6 is 11.6 Å². The van der Waals surface area contributed by atoms with Gasteiger partial charge in [-0.25, -0.2) is 0 Å². The van der Waals surface area contributed by atoms with Crippen LogP contribution in [0.1, 0.15) is 27.1 Å². The lowest BCUT2D eigenvalue weighted by atomic mass is 10.2. The average Bonchev–Trinajstić information content (AvgIpc) is 2.62. The molecule has 0 unspecified atom stereocenters. The maximum absolute atomic E-state index is 11.9. The third-order valence-electron chi connectivity index (χ3n) is 3.40. The quantitative estimate of drug-likeness (QED) is 0.740. The summed E-state index contributed by atoms with van der Waals surface area (Å²) < 4.78 is 0. The highest BCUT2D eigenvalue weighted by Gasteiger charge is 2.08. The van der Waals surface area contributed by atoms with Crippen LogP contribution in [0.2, 0.25) is 5.02 Å². The Hall–Kier alpha value is -2.86. The summed E-state index contributed by atoms with van der Waals surface area (Å²) in [6.45, 7) is 0.212. The Morgan fingerprint density at radius 1 is 0.880 bits per heavy atom. The number of nitrogens with one attached hydrogen (secondary N) is 3. The van der Waals surface area contributed by atoms with Gasteiger partial charge >= 0.3 is 0 Å². The molecule has 2 rings (SSSR count). The molecule has 130 valence electrons. The van der Waals surface area contributed by atoms with Crippen LogP contribution in [0.5, 0.6) is 0 Å². The first-order valence-electron chi connectivity index (χ1n) is 7.65. The van der Waals surface area contributed by atoms with E-state index in [1.807, 2.05) is 0 Å². The fourth-order valence-corrected chi connectivity index (χ4v) is 2.19. The van der Waals surface area contributed by atoms with Gasteiger partial charge < -0.3 is 16.0 Å². The van der Waals surface area contributed by atoms with Crippen LogP contribution in [-0.4, -0.2) is 31.3 Å². The number of carbonyl (C=O) groups excluding carboxylic acids is 3. The largest absolute Gasteiger partial charge is 0.355 e. The van der Waals surface area contributed by atoms with Gasteiger partial charge in [0.15, 0.2) is 0 Å². The number of anilines is 1. The number of hydrogen-bond donors (Lipinski definition) is 3. The minimum atomic E-state index is -0.264. The summed E-state index contributed by atoms with van der Waals surface area (Å²) in [4.78, 5) is 35.2. The minimum absolute atomic E-state index is 0.135. The van der Waals surface area contributed by atoms with E-state index < -0.39 is 0 Å². The molecule has 2 aromatic rings. The Morgan fingerprint density at radius 2 is 1.44 bits per heavy atom. The van der Waals surface area contributed by atoms with Crippen molar-refractivity contribution in [3.05, 3.63) is 64.7 Å². The van der Waals surface area contributed by atoms with Gasteiger partial charge in [-0.05, 0) is 48.5 Å². The SMILES string of the molecule is CNC(=O)c1ccc(NC(=O)CCNC(=O)c2ccc(Cl)cc2)cc1. The molecule has 25 heavy (non-hydrogen) atoms. The van der Waals surface area contributed by atoms with Crippen LogP contribution in [-0.2, 0) is 4.79 Å². The highest BCUT2D eigenvalue weighted by atomic mass is 35.5. The van der Waals surface area contributed by atoms with E-state index in [1.165, 1.54) is 0 Å². The second-order valence-electron chi connectivity index (χ2n) is 5.22. The van der Waals surface area contributed by atoms with Gasteiger partial charge in [0.25, 0.3) is 11.8 Å². The maximum atomic E-state index is 11.9. The summed E-state index contributed by atoms with van der Waals surface area (Å²) in [5, 5.41) is 8.46. The van der Waals surface area contributed by atoms with Gasteiger partial charge in [0.2, 0.25) is 5.91 Å². The van der Waals surface area contributed by atoms with Crippen molar-refractivity contribution >= 4 is 35.0 Å². The van der Waals surface area contributed by atoms with E-state index in [-0.39, 0.29) is 30.7 Å². The van der Waals surface area contributed by atoms with E-state index in [0.29, 0.717) is 21.8 Å². The molecule has 6 nitrogen and oxygen atoms in total. The monoisotopic (exact) mass is 359 g/mol. The van der Waals surface area contributed by atoms with Crippen LogP contribution in [0.3, 0.4) is 0 Å². The minimum Gasteiger partial charge on any atom is -0.355 e. The lowest BCUT2D eigenvalue weighted by Crippen LogP contribution is -2.27. The molecule has 7 heteroatoms. The van der Waals surface area contributed by atoms with Gasteiger partial charge in [-0.15, -0.1) is 0 Å². The van der Waals surface area contributed by atoms with Gasteiger partial charge in [-0.2, -0.15) is 0 Å². The number of amides is 3. The first kappa shape index (κ1) is 18.5. The molecule has 0 fully saturated rings. The summed E-state index contributed by atoms with van der Waals surface area (Å²) in [5.74, 6) is -0.689. The van der Waals surface area contributed by atoms with Gasteiger partial charge in [-0.3, -0.25) is 14.4 Å². The molecule has 3 amide bonds. The number of hydrogen-bond acceptors (Lipinski definition) is 3. The van der Waals surface area contributed by atoms with Gasteiger partial charge in [0.1, 0.15) is 0 Å². The first-order valence-corrected chi connectivity index (χ1v) is 8.03. The molecule has 0 aromatic heterocycles. The fourth-order valence-electron chi connectivity index (χ4n) is 2.07. The fraction of sp³-hybridized carbons (Fsp3) is 0.167. The van der Waals surface area contributed by atoms with E-state index in [0.717, 1.165) is 0 Å². The van der Waals surface area contributed by atoms with Crippen molar-refractivity contribution in [1.82, 2.24) is 10.6 Å². The maximum Gasteiger partial charge on any atom is 0.251 e. The van der Waals surface area contributed by atoms with Gasteiger partial charge in [0, 0.05) is 41.9 Å². The Labute approximate surface area is 150 Å². The highest BCUT2D eigenvalue weighted by Crippen LogP contribution is 2.10. The van der Waals surface area contributed by atoms with Crippen LogP contribution in [0.25, 0.3) is 0 Å². The zero-order valence-electron chi connectivity index (χ0n) is 13.6. The molecular weight excluding hydrogens is 342 g/mol. The number of benzene rings is 2. The number of halogens is 1. The van der Waals surface area contributed by atoms with Gasteiger partial charge in [-0.1, -0.05) is 11.6 Å². The summed E-state index contributed by atoms with van der Waals surface area (Å²) >= 11 is 5.77. The van der Waals surface area contributed by atoms with E-state index in [4.69, 9.17) is 11.6 Å². The van der Waals surface area contributed by atoms with E-state index >= 15 is 0 Å². The Kier molecular flexibility index (Phi) is 6.54. The second kappa shape index (κ2) is 8.84. The molecule has 0 atom stereocenters. The van der Waals surface area contributed by atoms with Crippen molar-refractivity contribution in [3.8, 4) is 0 Å². The standard InChI is InChI=1S/C18H18ClN3O3/c1-20-17(24)12-4-8-15(9-5-12)22-16(23)10-11-21-18(25)13-2-6-14(19)7-3-13/h2-9H,10-11H2,1H3,(H,20,24)(H,21,25)(H,22,23). The molecular formula is C18H18ClN3O3. The summed E-state index contributed by atoms with van der Waals surface area (Å²) in [5.41, 5.74) is 1.58. The molecule has 0 heterocycles. The van der Waals surface area contributed by atoms with Crippen molar-refractivity contribution in [3.63, 3.8) is 0 Å². The van der Waals surface area contributed by atoms with Gasteiger partial charge in [0.05, 0.1) is 0 Å². The molecule has 0 aliphatic heterocycles. The van der Waals surface area contributed by atoms with E-state index in [9.17, 15) is 14.4 Å². The smallest absolute Gasteiger partial charge is 0.251 e. The van der Waals surface area contributed by atoms with E-state index in [2.05, 4.69) is 16.0 Å². The lowest BCUT2D eigenvalue weighted by Gasteiger charge is -2.08. The summed E-state index contributed by atoms with van der Waals surface area (Å²) in [7, 11) is 1.55. The Bertz CT molecular complexity index is 758. The predicted octanol–water partition coefficient (Wildman–Crippen LogP) is 2.46. The molecule has 2 aromatic carbocycles. The molecule has 0 aliphatic rings. The van der Waals surface area contributed by atoms with Crippen LogP contribution in [0.4, 0.5) is 5.69 Å². The molecule has 3 N–H and O–H groups in total. The number of carbonyl (C=O) groups is 3. The third-order valence-corrected chi connectivity index (χ3v) is 3.65. The van der Waals surface area contributed by atoms with Crippen molar-refractivity contribution in [2.24, 2.45) is 0 Å². The molecule has 0 radical (unpaired) electrons. The van der Waals surface area contributed by atoms with Crippen LogP contribution < -0.4 is 16.0 Å². The summed E-state index contributed by atoms with van der Waals surface area (Å²) in [6, 6.07) is 13.0. The molecule has 0 saturated heterocycles.